The van der Waals surface area contributed by atoms with Crippen molar-refractivity contribution >= 4 is 23.5 Å². The predicted molar refractivity (Wildman–Crippen MR) is 138 cm³/mol. The zero-order chi connectivity index (χ0) is 25.7. The summed E-state index contributed by atoms with van der Waals surface area (Å²) in [7, 11) is 0. The second kappa shape index (κ2) is 11.7. The first-order chi connectivity index (χ1) is 17.2. The van der Waals surface area contributed by atoms with Gasteiger partial charge in [-0.25, -0.2) is 14.0 Å². The fraction of sp³-hybridized carbons (Fsp3) is 0.704. The zero-order valence-corrected chi connectivity index (χ0v) is 22.0. The van der Waals surface area contributed by atoms with Crippen molar-refractivity contribution in [3.05, 3.63) is 24.0 Å². The fourth-order valence-corrected chi connectivity index (χ4v) is 5.16. The van der Waals surface area contributed by atoms with E-state index < -0.39 is 5.60 Å². The van der Waals surface area contributed by atoms with Crippen LogP contribution in [0.4, 0.5) is 25.4 Å². The van der Waals surface area contributed by atoms with E-state index in [-0.39, 0.29) is 23.9 Å². The van der Waals surface area contributed by atoms with Gasteiger partial charge in [0.15, 0.2) is 0 Å². The number of carbonyl (C=O) groups excluding carboxylic acids is 2. The summed E-state index contributed by atoms with van der Waals surface area (Å²) in [5, 5.41) is 0. The summed E-state index contributed by atoms with van der Waals surface area (Å²) in [6, 6.07) is 5.11. The molecule has 0 aromatic heterocycles. The Labute approximate surface area is 214 Å². The molecule has 0 atom stereocenters. The van der Waals surface area contributed by atoms with Crippen LogP contribution in [0.2, 0.25) is 0 Å². The molecule has 0 N–H and O–H groups in total. The number of hydrogen-bond donors (Lipinski definition) is 0. The average Bonchev–Trinajstić information content (AvgIpc) is 2.87. The van der Waals surface area contributed by atoms with Gasteiger partial charge in [-0.05, 0) is 77.0 Å². The molecule has 3 aliphatic rings. The van der Waals surface area contributed by atoms with Crippen molar-refractivity contribution < 1.29 is 23.5 Å². The molecule has 3 aliphatic heterocycles. The number of halogens is 1. The topological polar surface area (TPSA) is 65.6 Å². The van der Waals surface area contributed by atoms with E-state index in [4.69, 9.17) is 9.47 Å². The molecule has 0 spiro atoms. The molecule has 4 rings (SSSR count). The van der Waals surface area contributed by atoms with Crippen LogP contribution in [-0.4, -0.2) is 86.6 Å². The summed E-state index contributed by atoms with van der Waals surface area (Å²) < 4.78 is 26.2. The number of carbonyl (C=O) groups is 2. The third-order valence-electron chi connectivity index (χ3n) is 7.16. The Morgan fingerprint density at radius 1 is 1.00 bits per heavy atom. The van der Waals surface area contributed by atoms with E-state index in [1.54, 1.807) is 15.9 Å². The van der Waals surface area contributed by atoms with Gasteiger partial charge >= 0.3 is 12.1 Å². The van der Waals surface area contributed by atoms with Crippen molar-refractivity contribution in [3.63, 3.8) is 0 Å². The van der Waals surface area contributed by atoms with Gasteiger partial charge in [-0.1, -0.05) is 0 Å². The summed E-state index contributed by atoms with van der Waals surface area (Å²) in [5.41, 5.74) is 0.621. The summed E-state index contributed by atoms with van der Waals surface area (Å²) in [6.07, 6.45) is 4.39. The number of piperidine rings is 2. The smallest absolute Gasteiger partial charge is 0.410 e. The van der Waals surface area contributed by atoms with E-state index in [9.17, 15) is 9.59 Å². The highest BCUT2D eigenvalue weighted by atomic mass is 19.1. The van der Waals surface area contributed by atoms with E-state index in [2.05, 4.69) is 0 Å². The van der Waals surface area contributed by atoms with Crippen molar-refractivity contribution in [2.75, 3.05) is 68.8 Å². The second-order valence-corrected chi connectivity index (χ2v) is 11.1. The van der Waals surface area contributed by atoms with E-state index in [0.29, 0.717) is 57.3 Å². The number of hydrogen-bond acceptors (Lipinski definition) is 5. The maximum atomic E-state index is 15.3. The quantitative estimate of drug-likeness (QED) is 0.594. The van der Waals surface area contributed by atoms with E-state index in [0.717, 1.165) is 45.2 Å². The minimum absolute atomic E-state index is 0.0530. The third kappa shape index (κ3) is 6.81. The molecule has 3 amide bonds. The van der Waals surface area contributed by atoms with Crippen molar-refractivity contribution in [2.24, 2.45) is 5.92 Å². The highest BCUT2D eigenvalue weighted by Gasteiger charge is 2.31. The molecule has 3 fully saturated rings. The molecule has 200 valence electrons. The SMILES string of the molecule is CC(C)(C)OC(=O)N1CCC(CN(C(=O)N2CCCCC2)c2ccc(N3CCOCC3)c(F)c2)CC1. The summed E-state index contributed by atoms with van der Waals surface area (Å²) >= 11 is 0. The lowest BCUT2D eigenvalue weighted by Gasteiger charge is -2.38. The van der Waals surface area contributed by atoms with Gasteiger partial charge < -0.3 is 24.2 Å². The van der Waals surface area contributed by atoms with Crippen LogP contribution in [0.15, 0.2) is 18.2 Å². The molecular formula is C27H41FN4O4. The number of morpholine rings is 1. The van der Waals surface area contributed by atoms with Crippen molar-refractivity contribution in [3.8, 4) is 0 Å². The van der Waals surface area contributed by atoms with Crippen molar-refractivity contribution in [1.82, 2.24) is 9.80 Å². The van der Waals surface area contributed by atoms with Crippen LogP contribution in [0.1, 0.15) is 52.9 Å². The Morgan fingerprint density at radius 3 is 2.28 bits per heavy atom. The number of urea groups is 1. The van der Waals surface area contributed by atoms with Crippen LogP contribution in [0.5, 0.6) is 0 Å². The molecule has 36 heavy (non-hydrogen) atoms. The fourth-order valence-electron chi connectivity index (χ4n) is 5.16. The van der Waals surface area contributed by atoms with Gasteiger partial charge in [0.2, 0.25) is 0 Å². The van der Waals surface area contributed by atoms with E-state index in [1.165, 1.54) is 6.07 Å². The van der Waals surface area contributed by atoms with Crippen LogP contribution >= 0.6 is 0 Å². The van der Waals surface area contributed by atoms with E-state index >= 15 is 4.39 Å². The summed E-state index contributed by atoms with van der Waals surface area (Å²) in [6.45, 7) is 11.2. The van der Waals surface area contributed by atoms with E-state index in [1.807, 2.05) is 36.6 Å². The number of amides is 3. The van der Waals surface area contributed by atoms with Crippen molar-refractivity contribution in [2.45, 2.75) is 58.5 Å². The number of nitrogens with zero attached hydrogens (tertiary/aromatic N) is 4. The van der Waals surface area contributed by atoms with Crippen LogP contribution < -0.4 is 9.80 Å². The molecule has 3 saturated heterocycles. The molecular weight excluding hydrogens is 463 g/mol. The Hall–Kier alpha value is -2.55. The third-order valence-corrected chi connectivity index (χ3v) is 7.16. The van der Waals surface area contributed by atoms with Gasteiger partial charge in [-0.2, -0.15) is 0 Å². The Bertz CT molecular complexity index is 902. The van der Waals surface area contributed by atoms with Gasteiger partial charge in [0.25, 0.3) is 0 Å². The molecule has 0 saturated carbocycles. The molecule has 0 bridgehead atoms. The number of ether oxygens (including phenoxy) is 2. The van der Waals surface area contributed by atoms with Gasteiger partial charge in [-0.15, -0.1) is 0 Å². The zero-order valence-electron chi connectivity index (χ0n) is 22.0. The molecule has 3 heterocycles. The van der Waals surface area contributed by atoms with Gasteiger partial charge in [0.1, 0.15) is 11.4 Å². The number of anilines is 2. The molecule has 8 nitrogen and oxygen atoms in total. The Kier molecular flexibility index (Phi) is 8.59. The van der Waals surface area contributed by atoms with Crippen LogP contribution in [-0.2, 0) is 9.47 Å². The minimum atomic E-state index is -0.525. The Balaban J connectivity index is 1.46. The Morgan fingerprint density at radius 2 is 1.67 bits per heavy atom. The first kappa shape index (κ1) is 26.5. The highest BCUT2D eigenvalue weighted by molar-refractivity contribution is 5.92. The molecule has 1 aromatic carbocycles. The molecule has 0 radical (unpaired) electrons. The first-order valence-electron chi connectivity index (χ1n) is 13.4. The van der Waals surface area contributed by atoms with Gasteiger partial charge in [-0.3, -0.25) is 4.90 Å². The number of likely N-dealkylation sites (tertiary alicyclic amines) is 2. The average molecular weight is 505 g/mol. The van der Waals surface area contributed by atoms with Crippen LogP contribution in [0, 0.1) is 11.7 Å². The number of benzene rings is 1. The first-order valence-corrected chi connectivity index (χ1v) is 13.4. The number of rotatable bonds is 4. The standard InChI is InChI=1S/C27H41FN4O4/c1-27(2,3)36-26(34)31-13-9-21(10-14-31)20-32(25(33)30-11-5-4-6-12-30)22-7-8-24(23(28)19-22)29-15-17-35-18-16-29/h7-8,19,21H,4-6,9-18,20H2,1-3H3. The van der Waals surface area contributed by atoms with Gasteiger partial charge in [0, 0.05) is 51.5 Å². The molecule has 9 heteroatoms. The minimum Gasteiger partial charge on any atom is -0.444 e. The molecule has 0 aliphatic carbocycles. The molecule has 1 aromatic rings. The van der Waals surface area contributed by atoms with Crippen LogP contribution in [0.25, 0.3) is 0 Å². The second-order valence-electron chi connectivity index (χ2n) is 11.1. The summed E-state index contributed by atoms with van der Waals surface area (Å²) in [5.74, 6) is -0.0926. The lowest BCUT2D eigenvalue weighted by atomic mass is 9.96. The molecule has 0 unspecified atom stereocenters. The predicted octanol–water partition coefficient (Wildman–Crippen LogP) is 4.72. The summed E-state index contributed by atoms with van der Waals surface area (Å²) in [4.78, 5) is 33.5. The van der Waals surface area contributed by atoms with Crippen LogP contribution in [0.3, 0.4) is 0 Å². The maximum absolute atomic E-state index is 15.3. The largest absolute Gasteiger partial charge is 0.444 e. The van der Waals surface area contributed by atoms with Crippen molar-refractivity contribution in [1.29, 1.82) is 0 Å². The lowest BCUT2D eigenvalue weighted by molar-refractivity contribution is 0.0186. The maximum Gasteiger partial charge on any atom is 0.410 e. The monoisotopic (exact) mass is 504 g/mol. The normalized spacial score (nSPS) is 19.8. The lowest BCUT2D eigenvalue weighted by Crippen LogP contribution is -2.49. The highest BCUT2D eigenvalue weighted by Crippen LogP contribution is 2.29. The van der Waals surface area contributed by atoms with Gasteiger partial charge in [0.05, 0.1) is 18.9 Å².